The van der Waals surface area contributed by atoms with E-state index < -0.39 is 17.8 Å². The van der Waals surface area contributed by atoms with E-state index in [1.165, 1.54) is 7.11 Å². The highest BCUT2D eigenvalue weighted by molar-refractivity contribution is 6.33. The fourth-order valence-electron chi connectivity index (χ4n) is 5.28. The Morgan fingerprint density at radius 2 is 2.00 bits per heavy atom. The number of likely N-dealkylation sites (tertiary alicyclic amines) is 1. The Morgan fingerprint density at radius 3 is 2.74 bits per heavy atom. The van der Waals surface area contributed by atoms with Gasteiger partial charge >= 0.3 is 6.16 Å². The van der Waals surface area contributed by atoms with Crippen molar-refractivity contribution in [2.45, 2.75) is 44.4 Å². The lowest BCUT2D eigenvalue weighted by Gasteiger charge is -2.43. The second kappa shape index (κ2) is 11.0. The largest absolute Gasteiger partial charge is 0.508 e. The van der Waals surface area contributed by atoms with Crippen LogP contribution in [0, 0.1) is 0 Å². The summed E-state index contributed by atoms with van der Waals surface area (Å²) in [4.78, 5) is 49.4. The summed E-state index contributed by atoms with van der Waals surface area (Å²) in [5.41, 5.74) is 1.60. The quantitative estimate of drug-likeness (QED) is 0.456. The molecule has 2 aliphatic rings. The van der Waals surface area contributed by atoms with Crippen molar-refractivity contribution in [2.75, 3.05) is 45.2 Å². The second-order valence-electron chi connectivity index (χ2n) is 10.6. The molecule has 12 heteroatoms. The van der Waals surface area contributed by atoms with Crippen molar-refractivity contribution in [3.05, 3.63) is 35.6 Å². The molecule has 0 radical (unpaired) electrons. The van der Waals surface area contributed by atoms with Crippen LogP contribution in [0.2, 0.25) is 5.02 Å². The van der Waals surface area contributed by atoms with Gasteiger partial charge in [0.15, 0.2) is 0 Å². The van der Waals surface area contributed by atoms with E-state index in [1.54, 1.807) is 23.4 Å². The van der Waals surface area contributed by atoms with E-state index in [-0.39, 0.29) is 31.1 Å². The predicted molar refractivity (Wildman–Crippen MR) is 146 cm³/mol. The molecule has 2 saturated heterocycles. The van der Waals surface area contributed by atoms with Crippen molar-refractivity contribution in [3.8, 4) is 0 Å². The van der Waals surface area contributed by atoms with Crippen molar-refractivity contribution in [1.82, 2.24) is 19.8 Å². The summed E-state index contributed by atoms with van der Waals surface area (Å²) in [6.45, 7) is 5.40. The number of pyridine rings is 1. The first-order chi connectivity index (χ1) is 18.6. The van der Waals surface area contributed by atoms with E-state index in [0.29, 0.717) is 43.2 Å². The fourth-order valence-corrected chi connectivity index (χ4v) is 5.49. The third-order valence-electron chi connectivity index (χ3n) is 7.25. The molecule has 39 heavy (non-hydrogen) atoms. The van der Waals surface area contributed by atoms with Crippen LogP contribution in [-0.4, -0.2) is 95.4 Å². The number of ether oxygens (including phenoxy) is 3. The number of piperidine rings is 1. The van der Waals surface area contributed by atoms with Crippen LogP contribution in [0.3, 0.4) is 0 Å². The molecule has 4 heterocycles. The van der Waals surface area contributed by atoms with Crippen molar-refractivity contribution < 1.29 is 28.6 Å². The molecule has 2 fully saturated rings. The zero-order valence-corrected chi connectivity index (χ0v) is 22.9. The Kier molecular flexibility index (Phi) is 7.66. The van der Waals surface area contributed by atoms with Crippen molar-refractivity contribution >= 4 is 57.1 Å². The third-order valence-corrected chi connectivity index (χ3v) is 7.47. The Labute approximate surface area is 230 Å². The van der Waals surface area contributed by atoms with Crippen LogP contribution in [0.1, 0.15) is 26.7 Å². The molecule has 1 unspecified atom stereocenters. The van der Waals surface area contributed by atoms with Gasteiger partial charge in [-0.15, -0.1) is 0 Å². The van der Waals surface area contributed by atoms with Gasteiger partial charge in [-0.1, -0.05) is 11.6 Å². The third kappa shape index (κ3) is 5.95. The van der Waals surface area contributed by atoms with Crippen molar-refractivity contribution in [2.24, 2.45) is 0 Å². The lowest BCUT2D eigenvalue weighted by Crippen LogP contribution is -2.60. The molecule has 2 aromatic heterocycles. The first-order valence-corrected chi connectivity index (χ1v) is 13.3. The summed E-state index contributed by atoms with van der Waals surface area (Å²) in [6.07, 6.45) is 3.50. The molecule has 5 rings (SSSR count). The maximum atomic E-state index is 13.6. The number of aromatic amines is 1. The average Bonchev–Trinajstić information content (AvgIpc) is 3.27. The van der Waals surface area contributed by atoms with Gasteiger partial charge in [-0.05, 0) is 32.0 Å². The number of halogens is 1. The molecule has 0 aliphatic carbocycles. The van der Waals surface area contributed by atoms with Gasteiger partial charge in [-0.3, -0.25) is 19.5 Å². The number of aromatic nitrogens is 2. The van der Waals surface area contributed by atoms with Gasteiger partial charge in [0.05, 0.1) is 48.8 Å². The van der Waals surface area contributed by atoms with Gasteiger partial charge in [0.2, 0.25) is 11.8 Å². The number of carbonyl (C=O) groups is 3. The maximum absolute atomic E-state index is 13.6. The number of methoxy groups -OCH3 is 1. The zero-order valence-electron chi connectivity index (χ0n) is 22.2. The Morgan fingerprint density at radius 1 is 1.23 bits per heavy atom. The number of morpholine rings is 1. The molecule has 0 saturated carbocycles. The van der Waals surface area contributed by atoms with Gasteiger partial charge in [-0.2, -0.15) is 0 Å². The Balaban J connectivity index is 1.30. The van der Waals surface area contributed by atoms with Gasteiger partial charge in [0, 0.05) is 54.5 Å². The number of hydrogen-bond acceptors (Lipinski definition) is 8. The Hall–Kier alpha value is -3.41. The lowest BCUT2D eigenvalue weighted by atomic mass is 10.0. The molecule has 11 nitrogen and oxygen atoms in total. The number of H-pyrrole nitrogens is 1. The van der Waals surface area contributed by atoms with E-state index in [0.717, 1.165) is 21.8 Å². The molecule has 208 valence electrons. The van der Waals surface area contributed by atoms with E-state index >= 15 is 0 Å². The van der Waals surface area contributed by atoms with Crippen LogP contribution in [0.4, 0.5) is 10.5 Å². The first-order valence-electron chi connectivity index (χ1n) is 12.9. The molecule has 2 aliphatic heterocycles. The van der Waals surface area contributed by atoms with Crippen molar-refractivity contribution in [1.29, 1.82) is 0 Å². The van der Waals surface area contributed by atoms with Crippen LogP contribution < -0.4 is 5.32 Å². The second-order valence-corrected chi connectivity index (χ2v) is 11.0. The summed E-state index contributed by atoms with van der Waals surface area (Å²) >= 11 is 6.42. The number of benzene rings is 1. The highest BCUT2D eigenvalue weighted by Crippen LogP contribution is 2.33. The minimum atomic E-state index is -0.717. The Bertz CT molecular complexity index is 1400. The zero-order chi connectivity index (χ0) is 27.7. The van der Waals surface area contributed by atoms with Crippen LogP contribution >= 0.6 is 11.6 Å². The van der Waals surface area contributed by atoms with Crippen LogP contribution in [-0.2, 0) is 23.8 Å². The first kappa shape index (κ1) is 27.2. The summed E-state index contributed by atoms with van der Waals surface area (Å²) in [6, 6.07) is 4.77. The molecule has 1 atom stereocenters. The SMILES string of the molecule is COC(=O)OC1CCN(C(=O)CN2CC(C)(C)OCC2C(=O)Nc2cc(Cl)cc3c2[nH]c2cnccc23)CC1. The van der Waals surface area contributed by atoms with Crippen LogP contribution in [0.25, 0.3) is 21.8 Å². The van der Waals surface area contributed by atoms with Gasteiger partial charge in [-0.25, -0.2) is 4.79 Å². The van der Waals surface area contributed by atoms with Crippen LogP contribution in [0.5, 0.6) is 0 Å². The molecular formula is C27H32ClN5O6. The fraction of sp³-hybridized carbons (Fsp3) is 0.481. The number of hydrogen-bond donors (Lipinski definition) is 2. The van der Waals surface area contributed by atoms with Crippen molar-refractivity contribution in [3.63, 3.8) is 0 Å². The highest BCUT2D eigenvalue weighted by atomic mass is 35.5. The van der Waals surface area contributed by atoms with Gasteiger partial charge in [0.1, 0.15) is 12.1 Å². The lowest BCUT2D eigenvalue weighted by molar-refractivity contribution is -0.151. The summed E-state index contributed by atoms with van der Waals surface area (Å²) in [7, 11) is 1.27. The molecule has 3 aromatic rings. The van der Waals surface area contributed by atoms with Crippen LogP contribution in [0.15, 0.2) is 30.6 Å². The molecular weight excluding hydrogens is 526 g/mol. The number of fused-ring (bicyclic) bond motifs is 3. The van der Waals surface area contributed by atoms with Gasteiger partial charge < -0.3 is 29.4 Å². The van der Waals surface area contributed by atoms with E-state index in [2.05, 4.69) is 20.0 Å². The molecule has 2 N–H and O–H groups in total. The smallest absolute Gasteiger partial charge is 0.438 e. The topological polar surface area (TPSA) is 126 Å². The summed E-state index contributed by atoms with van der Waals surface area (Å²) in [5.74, 6) is -0.376. The number of rotatable bonds is 5. The molecule has 2 amide bonds. The number of nitrogens with zero attached hydrogens (tertiary/aromatic N) is 3. The van der Waals surface area contributed by atoms with Gasteiger partial charge in [0.25, 0.3) is 0 Å². The molecule has 0 bridgehead atoms. The predicted octanol–water partition coefficient (Wildman–Crippen LogP) is 3.56. The average molecular weight is 558 g/mol. The minimum absolute atomic E-state index is 0.0659. The van der Waals surface area contributed by atoms with E-state index in [9.17, 15) is 14.4 Å². The number of nitrogens with one attached hydrogen (secondary N) is 2. The standard InChI is InChI=1S/C27H32ClN5O6/c1-27(2)15-33(13-23(34)32-8-5-17(6-9-32)39-26(36)37-3)22(14-38-27)25(35)31-20-11-16(28)10-19-18-4-7-29-12-21(18)30-24(19)20/h4,7,10-12,17,22,30H,5-6,8-9,13-15H2,1-3H3,(H,31,35). The molecule has 0 spiro atoms. The number of amides is 2. The maximum Gasteiger partial charge on any atom is 0.508 e. The minimum Gasteiger partial charge on any atom is -0.438 e. The summed E-state index contributed by atoms with van der Waals surface area (Å²) in [5, 5.41) is 5.33. The molecule has 1 aromatic carbocycles. The van der Waals surface area contributed by atoms with E-state index in [1.807, 2.05) is 30.9 Å². The monoisotopic (exact) mass is 557 g/mol. The number of carbonyl (C=O) groups excluding carboxylic acids is 3. The highest BCUT2D eigenvalue weighted by Gasteiger charge is 2.39. The summed E-state index contributed by atoms with van der Waals surface area (Å²) < 4.78 is 15.8. The number of anilines is 1. The van der Waals surface area contributed by atoms with E-state index in [4.69, 9.17) is 21.1 Å². The normalized spacial score (nSPS) is 20.2.